The topological polar surface area (TPSA) is 0 Å². The first-order chi connectivity index (χ1) is 5.41. The second-order valence-corrected chi connectivity index (χ2v) is 3.01. The maximum Gasteiger partial charge on any atom is 0.0967 e. The average Bonchev–Trinajstić information content (AvgIpc) is 1.86. The molecule has 1 aliphatic carbocycles. The van der Waals surface area contributed by atoms with E-state index in [0.29, 0.717) is 0 Å². The molecule has 0 N–H and O–H groups in total. The molecule has 0 radical (unpaired) electrons. The van der Waals surface area contributed by atoms with Gasteiger partial charge in [-0.25, -0.2) is 0 Å². The van der Waals surface area contributed by atoms with E-state index in [0.717, 1.165) is 0 Å². The van der Waals surface area contributed by atoms with Gasteiger partial charge in [-0.15, -0.1) is 23.2 Å². The quantitative estimate of drug-likeness (QED) is 0.401. The van der Waals surface area contributed by atoms with Crippen LogP contribution in [-0.4, -0.2) is 5.34 Å². The first-order valence-electron chi connectivity index (χ1n) is 3.83. The zero-order chi connectivity index (χ0) is 8.36. The molecular formula is C9H14Cl2. The Bertz CT molecular complexity index is 90.7. The molecule has 0 aromatic rings. The lowest BCUT2D eigenvalue weighted by molar-refractivity contribution is 0.962. The van der Waals surface area contributed by atoms with Crippen LogP contribution in [0.25, 0.3) is 0 Å². The molecule has 1 rings (SSSR count). The van der Waals surface area contributed by atoms with Gasteiger partial charge in [-0.1, -0.05) is 24.3 Å². The zero-order valence-electron chi connectivity index (χ0n) is 6.60. The predicted molar refractivity (Wildman–Crippen MR) is 53.3 cm³/mol. The van der Waals surface area contributed by atoms with Crippen LogP contribution in [0.1, 0.15) is 25.7 Å². The van der Waals surface area contributed by atoms with Crippen molar-refractivity contribution >= 4 is 23.2 Å². The Hall–Kier alpha value is 0.0600. The SMILES string of the molecule is C1=CCCC=CCC1.ClCCl. The molecule has 0 heterocycles. The Morgan fingerprint density at radius 3 is 1.09 bits per heavy atom. The monoisotopic (exact) mass is 192 g/mol. The van der Waals surface area contributed by atoms with E-state index in [1.807, 2.05) is 0 Å². The minimum absolute atomic E-state index is 0.194. The number of halogens is 2. The summed E-state index contributed by atoms with van der Waals surface area (Å²) in [6, 6.07) is 0. The third-order valence-corrected chi connectivity index (χ3v) is 1.33. The molecule has 0 unspecified atom stereocenters. The van der Waals surface area contributed by atoms with Gasteiger partial charge in [0.1, 0.15) is 0 Å². The second kappa shape index (κ2) is 10.1. The highest BCUT2D eigenvalue weighted by molar-refractivity contribution is 6.40. The van der Waals surface area contributed by atoms with Gasteiger partial charge in [-0.3, -0.25) is 0 Å². The van der Waals surface area contributed by atoms with Crippen LogP contribution in [-0.2, 0) is 0 Å². The summed E-state index contributed by atoms with van der Waals surface area (Å²) in [6.45, 7) is 0. The Balaban J connectivity index is 0.000000292. The summed E-state index contributed by atoms with van der Waals surface area (Å²) in [5.41, 5.74) is 0. The van der Waals surface area contributed by atoms with Gasteiger partial charge in [-0.2, -0.15) is 0 Å². The largest absolute Gasteiger partial charge is 0.109 e. The van der Waals surface area contributed by atoms with Crippen molar-refractivity contribution < 1.29 is 0 Å². The molecular weight excluding hydrogens is 179 g/mol. The van der Waals surface area contributed by atoms with Crippen LogP contribution in [0.15, 0.2) is 24.3 Å². The minimum atomic E-state index is 0.194. The molecule has 11 heavy (non-hydrogen) atoms. The third-order valence-electron chi connectivity index (χ3n) is 1.33. The van der Waals surface area contributed by atoms with Gasteiger partial charge in [0.25, 0.3) is 0 Å². The average molecular weight is 193 g/mol. The summed E-state index contributed by atoms with van der Waals surface area (Å²) in [6.07, 6.45) is 14.0. The van der Waals surface area contributed by atoms with E-state index in [4.69, 9.17) is 23.2 Å². The second-order valence-electron chi connectivity index (χ2n) is 2.20. The lowest BCUT2D eigenvalue weighted by Gasteiger charge is -1.92. The highest BCUT2D eigenvalue weighted by Crippen LogP contribution is 2.02. The predicted octanol–water partition coefficient (Wildman–Crippen LogP) is 4.09. The summed E-state index contributed by atoms with van der Waals surface area (Å²) in [5, 5.41) is 0.194. The molecule has 0 saturated carbocycles. The van der Waals surface area contributed by atoms with Crippen LogP contribution < -0.4 is 0 Å². The maximum atomic E-state index is 4.76. The fourth-order valence-corrected chi connectivity index (χ4v) is 0.856. The lowest BCUT2D eigenvalue weighted by atomic mass is 10.1. The summed E-state index contributed by atoms with van der Waals surface area (Å²) in [5.74, 6) is 0. The molecule has 0 amide bonds. The maximum absolute atomic E-state index is 4.76. The Morgan fingerprint density at radius 1 is 0.727 bits per heavy atom. The van der Waals surface area contributed by atoms with Gasteiger partial charge in [0.2, 0.25) is 0 Å². The van der Waals surface area contributed by atoms with Crippen molar-refractivity contribution in [2.45, 2.75) is 25.7 Å². The van der Waals surface area contributed by atoms with Crippen LogP contribution in [0.2, 0.25) is 0 Å². The molecule has 64 valence electrons. The van der Waals surface area contributed by atoms with Crippen molar-refractivity contribution in [3.05, 3.63) is 24.3 Å². The molecule has 0 nitrogen and oxygen atoms in total. The van der Waals surface area contributed by atoms with Crippen molar-refractivity contribution in [3.63, 3.8) is 0 Å². The fraction of sp³-hybridized carbons (Fsp3) is 0.556. The first-order valence-corrected chi connectivity index (χ1v) is 4.90. The van der Waals surface area contributed by atoms with Crippen molar-refractivity contribution in [3.8, 4) is 0 Å². The molecule has 0 fully saturated rings. The lowest BCUT2D eigenvalue weighted by Crippen LogP contribution is -1.71. The van der Waals surface area contributed by atoms with E-state index in [2.05, 4.69) is 24.3 Å². The van der Waals surface area contributed by atoms with Gasteiger partial charge >= 0.3 is 0 Å². The summed E-state index contributed by atoms with van der Waals surface area (Å²) >= 11 is 9.53. The molecule has 2 heteroatoms. The van der Waals surface area contributed by atoms with E-state index in [9.17, 15) is 0 Å². The fourth-order valence-electron chi connectivity index (χ4n) is 0.856. The standard InChI is InChI=1S/C8H12.CH2Cl2/c1-2-4-6-8-7-5-3-1;2-1-3/h1-2,7-8H,3-6H2;1H2. The van der Waals surface area contributed by atoms with Crippen molar-refractivity contribution in [2.75, 3.05) is 5.34 Å². The van der Waals surface area contributed by atoms with Gasteiger partial charge in [0.15, 0.2) is 0 Å². The number of alkyl halides is 2. The van der Waals surface area contributed by atoms with Crippen LogP contribution in [0.5, 0.6) is 0 Å². The molecule has 0 saturated heterocycles. The smallest absolute Gasteiger partial charge is 0.0967 e. The zero-order valence-corrected chi connectivity index (χ0v) is 8.11. The van der Waals surface area contributed by atoms with Crippen molar-refractivity contribution in [2.24, 2.45) is 0 Å². The van der Waals surface area contributed by atoms with Gasteiger partial charge in [0.05, 0.1) is 5.34 Å². The van der Waals surface area contributed by atoms with Crippen LogP contribution in [0.3, 0.4) is 0 Å². The van der Waals surface area contributed by atoms with E-state index in [-0.39, 0.29) is 5.34 Å². The minimum Gasteiger partial charge on any atom is -0.109 e. The highest BCUT2D eigenvalue weighted by atomic mass is 35.5. The van der Waals surface area contributed by atoms with Gasteiger partial charge in [-0.05, 0) is 25.7 Å². The highest BCUT2D eigenvalue weighted by Gasteiger charge is 1.81. The van der Waals surface area contributed by atoms with Crippen LogP contribution >= 0.6 is 23.2 Å². The number of hydrogen-bond acceptors (Lipinski definition) is 0. The summed E-state index contributed by atoms with van der Waals surface area (Å²) in [7, 11) is 0. The molecule has 0 aliphatic heterocycles. The van der Waals surface area contributed by atoms with Crippen LogP contribution in [0, 0.1) is 0 Å². The summed E-state index contributed by atoms with van der Waals surface area (Å²) in [4.78, 5) is 0. The number of hydrogen-bond donors (Lipinski definition) is 0. The van der Waals surface area contributed by atoms with Crippen molar-refractivity contribution in [1.82, 2.24) is 0 Å². The third kappa shape index (κ3) is 10.1. The molecule has 0 spiro atoms. The van der Waals surface area contributed by atoms with E-state index >= 15 is 0 Å². The Kier molecular flexibility index (Phi) is 10.1. The summed E-state index contributed by atoms with van der Waals surface area (Å²) < 4.78 is 0. The van der Waals surface area contributed by atoms with Gasteiger partial charge in [0, 0.05) is 0 Å². The Morgan fingerprint density at radius 2 is 0.909 bits per heavy atom. The molecule has 1 aliphatic rings. The van der Waals surface area contributed by atoms with Crippen molar-refractivity contribution in [1.29, 1.82) is 0 Å². The molecule has 0 atom stereocenters. The van der Waals surface area contributed by atoms with E-state index < -0.39 is 0 Å². The number of allylic oxidation sites excluding steroid dienone is 4. The molecule has 0 aromatic carbocycles. The first kappa shape index (κ1) is 11.1. The van der Waals surface area contributed by atoms with Crippen LogP contribution in [0.4, 0.5) is 0 Å². The number of rotatable bonds is 0. The normalized spacial score (nSPS) is 16.2. The Labute approximate surface area is 78.9 Å². The van der Waals surface area contributed by atoms with E-state index in [1.165, 1.54) is 25.7 Å². The molecule has 0 bridgehead atoms. The molecule has 0 aromatic heterocycles. The van der Waals surface area contributed by atoms with E-state index in [1.54, 1.807) is 0 Å². The van der Waals surface area contributed by atoms with Gasteiger partial charge < -0.3 is 0 Å².